The van der Waals surface area contributed by atoms with E-state index in [0.717, 1.165) is 6.42 Å². The minimum atomic E-state index is -0.193. The quantitative estimate of drug-likeness (QED) is 0.725. The summed E-state index contributed by atoms with van der Waals surface area (Å²) in [5.41, 5.74) is 3.14. The molecule has 120 valence electrons. The van der Waals surface area contributed by atoms with Crippen molar-refractivity contribution in [3.63, 3.8) is 0 Å². The molecule has 0 aliphatic heterocycles. The monoisotopic (exact) mass is 308 g/mol. The van der Waals surface area contributed by atoms with E-state index >= 15 is 0 Å². The minimum absolute atomic E-state index is 0.193. The molecule has 0 atom stereocenters. The van der Waals surface area contributed by atoms with Crippen molar-refractivity contribution in [1.29, 1.82) is 0 Å². The highest BCUT2D eigenvalue weighted by molar-refractivity contribution is 5.89. The molecule has 2 aromatic rings. The fourth-order valence-corrected chi connectivity index (χ4v) is 3.22. The molecule has 0 radical (unpaired) electrons. The van der Waals surface area contributed by atoms with Crippen molar-refractivity contribution in [2.24, 2.45) is 5.92 Å². The van der Waals surface area contributed by atoms with Crippen molar-refractivity contribution in [3.8, 4) is 0 Å². The van der Waals surface area contributed by atoms with Gasteiger partial charge in [0.2, 0.25) is 0 Å². The van der Waals surface area contributed by atoms with Gasteiger partial charge in [-0.2, -0.15) is 0 Å². The summed E-state index contributed by atoms with van der Waals surface area (Å²) < 4.78 is 5.49. The summed E-state index contributed by atoms with van der Waals surface area (Å²) in [7, 11) is 0. The van der Waals surface area contributed by atoms with Crippen LogP contribution in [0.3, 0.4) is 0 Å². The molecule has 0 saturated heterocycles. The first-order chi connectivity index (χ1) is 11.3. The Bertz CT molecular complexity index is 610. The molecule has 1 fully saturated rings. The van der Waals surface area contributed by atoms with Crippen LogP contribution in [-0.2, 0) is 11.2 Å². The molecule has 23 heavy (non-hydrogen) atoms. The van der Waals surface area contributed by atoms with Crippen molar-refractivity contribution in [2.75, 3.05) is 6.61 Å². The molecule has 1 saturated carbocycles. The summed E-state index contributed by atoms with van der Waals surface area (Å²) >= 11 is 0. The fourth-order valence-electron chi connectivity index (χ4n) is 3.22. The van der Waals surface area contributed by atoms with E-state index < -0.39 is 0 Å². The third kappa shape index (κ3) is 4.69. The van der Waals surface area contributed by atoms with Crippen LogP contribution in [0, 0.1) is 5.92 Å². The first-order valence-corrected chi connectivity index (χ1v) is 8.61. The lowest BCUT2D eigenvalue weighted by Crippen LogP contribution is -2.16. The summed E-state index contributed by atoms with van der Waals surface area (Å²) in [5, 5.41) is 0. The van der Waals surface area contributed by atoms with Crippen LogP contribution in [0.4, 0.5) is 0 Å². The molecular weight excluding hydrogens is 284 g/mol. The lowest BCUT2D eigenvalue weighted by atomic mass is 9.90. The molecule has 0 amide bonds. The molecule has 3 rings (SSSR count). The van der Waals surface area contributed by atoms with Crippen molar-refractivity contribution < 1.29 is 9.53 Å². The largest absolute Gasteiger partial charge is 0.462 e. The summed E-state index contributed by atoms with van der Waals surface area (Å²) in [6.07, 6.45) is 7.16. The van der Waals surface area contributed by atoms with Crippen LogP contribution in [0.2, 0.25) is 0 Å². The molecular formula is C21H24O2. The Kier molecular flexibility index (Phi) is 5.46. The van der Waals surface area contributed by atoms with Crippen molar-refractivity contribution in [2.45, 2.75) is 38.5 Å². The van der Waals surface area contributed by atoms with Crippen LogP contribution >= 0.6 is 0 Å². The van der Waals surface area contributed by atoms with Crippen LogP contribution in [0.5, 0.6) is 0 Å². The summed E-state index contributed by atoms with van der Waals surface area (Å²) in [6.45, 7) is 0.574. The van der Waals surface area contributed by atoms with Crippen LogP contribution < -0.4 is 0 Å². The Hall–Kier alpha value is -2.09. The van der Waals surface area contributed by atoms with E-state index in [-0.39, 0.29) is 5.97 Å². The van der Waals surface area contributed by atoms with Gasteiger partial charge in [0, 0.05) is 0 Å². The standard InChI is InChI=1S/C21H24O2/c22-21(23-16-19-9-5-2-6-10-19)20-13-11-18(12-14-20)15-17-7-3-1-4-8-17/h1,3-4,7-8,11-14,19H,2,5-6,9-10,15-16H2. The Labute approximate surface area is 138 Å². The molecule has 0 spiro atoms. The summed E-state index contributed by atoms with van der Waals surface area (Å²) in [5.74, 6) is 0.367. The predicted molar refractivity (Wildman–Crippen MR) is 92.5 cm³/mol. The van der Waals surface area contributed by atoms with Gasteiger partial charge in [-0.1, -0.05) is 61.7 Å². The molecule has 0 aromatic heterocycles. The maximum atomic E-state index is 12.1. The van der Waals surface area contributed by atoms with Gasteiger partial charge in [0.15, 0.2) is 0 Å². The van der Waals surface area contributed by atoms with Crippen LogP contribution in [0.1, 0.15) is 53.6 Å². The number of rotatable bonds is 5. The zero-order chi connectivity index (χ0) is 15.9. The van der Waals surface area contributed by atoms with E-state index in [0.29, 0.717) is 18.1 Å². The molecule has 2 nitrogen and oxygen atoms in total. The normalized spacial score (nSPS) is 15.3. The zero-order valence-corrected chi connectivity index (χ0v) is 13.5. The topological polar surface area (TPSA) is 26.3 Å². The van der Waals surface area contributed by atoms with Gasteiger partial charge in [-0.15, -0.1) is 0 Å². The van der Waals surface area contributed by atoms with Gasteiger partial charge in [-0.3, -0.25) is 0 Å². The third-order valence-electron chi connectivity index (χ3n) is 4.62. The molecule has 0 bridgehead atoms. The predicted octanol–water partition coefficient (Wildman–Crippen LogP) is 5.01. The number of hydrogen-bond acceptors (Lipinski definition) is 2. The number of esters is 1. The van der Waals surface area contributed by atoms with E-state index in [2.05, 4.69) is 12.1 Å². The van der Waals surface area contributed by atoms with Gasteiger partial charge in [-0.25, -0.2) is 4.79 Å². The lowest BCUT2D eigenvalue weighted by molar-refractivity contribution is 0.0410. The van der Waals surface area contributed by atoms with E-state index in [1.165, 1.54) is 43.2 Å². The lowest BCUT2D eigenvalue weighted by Gasteiger charge is -2.21. The van der Waals surface area contributed by atoms with Crippen LogP contribution in [0.25, 0.3) is 0 Å². The van der Waals surface area contributed by atoms with Gasteiger partial charge in [0.25, 0.3) is 0 Å². The second kappa shape index (κ2) is 7.96. The summed E-state index contributed by atoms with van der Waals surface area (Å²) in [4.78, 5) is 12.1. The molecule has 1 aliphatic rings. The number of carbonyl (C=O) groups is 1. The van der Waals surface area contributed by atoms with Gasteiger partial charge >= 0.3 is 5.97 Å². The van der Waals surface area contributed by atoms with Gasteiger partial charge in [-0.05, 0) is 48.4 Å². The smallest absolute Gasteiger partial charge is 0.338 e. The second-order valence-electron chi connectivity index (χ2n) is 6.46. The maximum Gasteiger partial charge on any atom is 0.338 e. The van der Waals surface area contributed by atoms with Crippen LogP contribution in [-0.4, -0.2) is 12.6 Å². The first-order valence-electron chi connectivity index (χ1n) is 8.61. The number of ether oxygens (including phenoxy) is 1. The highest BCUT2D eigenvalue weighted by Gasteiger charge is 2.16. The Balaban J connectivity index is 1.52. The van der Waals surface area contributed by atoms with E-state index in [1.54, 1.807) is 0 Å². The highest BCUT2D eigenvalue weighted by atomic mass is 16.5. The molecule has 2 heteroatoms. The molecule has 1 aliphatic carbocycles. The Morgan fingerprint density at radius 1 is 0.870 bits per heavy atom. The van der Waals surface area contributed by atoms with Crippen molar-refractivity contribution >= 4 is 5.97 Å². The molecule has 0 unspecified atom stereocenters. The minimum Gasteiger partial charge on any atom is -0.462 e. The molecule has 0 heterocycles. The number of hydrogen-bond donors (Lipinski definition) is 0. The van der Waals surface area contributed by atoms with Gasteiger partial charge in [0.1, 0.15) is 0 Å². The Morgan fingerprint density at radius 2 is 1.52 bits per heavy atom. The van der Waals surface area contributed by atoms with Crippen LogP contribution in [0.15, 0.2) is 54.6 Å². The van der Waals surface area contributed by atoms with Gasteiger partial charge < -0.3 is 4.74 Å². The number of benzene rings is 2. The van der Waals surface area contributed by atoms with E-state index in [9.17, 15) is 4.79 Å². The van der Waals surface area contributed by atoms with Crippen molar-refractivity contribution in [3.05, 3.63) is 71.3 Å². The van der Waals surface area contributed by atoms with E-state index in [1.807, 2.05) is 42.5 Å². The zero-order valence-electron chi connectivity index (χ0n) is 13.5. The van der Waals surface area contributed by atoms with E-state index in [4.69, 9.17) is 4.74 Å². The maximum absolute atomic E-state index is 12.1. The molecule has 0 N–H and O–H groups in total. The average molecular weight is 308 g/mol. The average Bonchev–Trinajstić information content (AvgIpc) is 2.62. The first kappa shape index (κ1) is 15.8. The number of carbonyl (C=O) groups excluding carboxylic acids is 1. The highest BCUT2D eigenvalue weighted by Crippen LogP contribution is 2.24. The van der Waals surface area contributed by atoms with Gasteiger partial charge in [0.05, 0.1) is 12.2 Å². The summed E-state index contributed by atoms with van der Waals surface area (Å²) in [6, 6.07) is 18.1. The fraction of sp³-hybridized carbons (Fsp3) is 0.381. The van der Waals surface area contributed by atoms with Crippen molar-refractivity contribution in [1.82, 2.24) is 0 Å². The second-order valence-corrected chi connectivity index (χ2v) is 6.46. The third-order valence-corrected chi connectivity index (χ3v) is 4.62. The molecule has 2 aromatic carbocycles. The SMILES string of the molecule is O=C(OCC1CCCCC1)c1ccc(Cc2ccccc2)cc1. The Morgan fingerprint density at radius 3 is 2.22 bits per heavy atom.